The molecule has 0 saturated carbocycles. The number of epoxide rings is 1. The van der Waals surface area contributed by atoms with Crippen LogP contribution in [0, 0.1) is 5.92 Å². The molecule has 3 aliphatic rings. The van der Waals surface area contributed by atoms with Crippen molar-refractivity contribution < 1.29 is 23.8 Å². The predicted molar refractivity (Wildman–Crippen MR) is 87.4 cm³/mol. The first kappa shape index (κ1) is 17.0. The molecule has 6 nitrogen and oxygen atoms in total. The minimum absolute atomic E-state index is 0.0321. The molecule has 2 aliphatic heterocycles. The van der Waals surface area contributed by atoms with E-state index in [9.17, 15) is 9.59 Å². The first-order valence-corrected chi connectivity index (χ1v) is 8.60. The molecule has 0 unspecified atom stereocenters. The maximum absolute atomic E-state index is 11.9. The van der Waals surface area contributed by atoms with Gasteiger partial charge in [0.1, 0.15) is 18.8 Å². The maximum Gasteiger partial charge on any atom is 0.407 e. The average Bonchev–Trinajstić information content (AvgIpc) is 3.13. The van der Waals surface area contributed by atoms with E-state index in [1.165, 1.54) is 0 Å². The van der Waals surface area contributed by atoms with Crippen molar-refractivity contribution in [1.29, 1.82) is 0 Å². The molecule has 2 fully saturated rings. The molecule has 3 rings (SSSR count). The number of nitrogens with one attached hydrogen (secondary N) is 1. The van der Waals surface area contributed by atoms with E-state index in [1.807, 2.05) is 6.92 Å². The quantitative estimate of drug-likeness (QED) is 0.371. The Kier molecular flexibility index (Phi) is 4.67. The number of fused-ring (bicyclic) bond motifs is 3. The zero-order valence-electron chi connectivity index (χ0n) is 14.3. The van der Waals surface area contributed by atoms with E-state index in [0.29, 0.717) is 12.1 Å². The molecule has 0 aromatic rings. The van der Waals surface area contributed by atoms with Gasteiger partial charge in [0.2, 0.25) is 0 Å². The summed E-state index contributed by atoms with van der Waals surface area (Å²) in [7, 11) is 0. The van der Waals surface area contributed by atoms with E-state index in [4.69, 9.17) is 14.2 Å². The summed E-state index contributed by atoms with van der Waals surface area (Å²) in [5.74, 6) is -0.346. The average molecular weight is 335 g/mol. The second-order valence-electron chi connectivity index (χ2n) is 6.90. The largest absolute Gasteiger partial charge is 0.455 e. The summed E-state index contributed by atoms with van der Waals surface area (Å²) in [5.41, 5.74) is 1.35. The molecule has 0 spiro atoms. The van der Waals surface area contributed by atoms with Crippen molar-refractivity contribution in [2.45, 2.75) is 57.3 Å². The number of hydrogen-bond donors (Lipinski definition) is 1. The van der Waals surface area contributed by atoms with Crippen molar-refractivity contribution in [1.82, 2.24) is 5.32 Å². The number of amides is 1. The van der Waals surface area contributed by atoms with Gasteiger partial charge in [-0.05, 0) is 45.1 Å². The lowest BCUT2D eigenvalue weighted by atomic mass is 9.84. The van der Waals surface area contributed by atoms with Gasteiger partial charge in [-0.3, -0.25) is 0 Å². The molecule has 0 aromatic carbocycles. The van der Waals surface area contributed by atoms with Crippen molar-refractivity contribution in [3.8, 4) is 0 Å². The summed E-state index contributed by atoms with van der Waals surface area (Å²) in [6.45, 7) is 8.62. The minimum atomic E-state index is -0.408. The van der Waals surface area contributed by atoms with Crippen molar-refractivity contribution in [3.05, 3.63) is 23.8 Å². The Morgan fingerprint density at radius 1 is 1.54 bits per heavy atom. The number of ether oxygens (including phenoxy) is 3. The molecule has 1 aliphatic carbocycles. The van der Waals surface area contributed by atoms with Crippen LogP contribution in [0.25, 0.3) is 0 Å². The van der Waals surface area contributed by atoms with E-state index in [1.54, 1.807) is 0 Å². The maximum atomic E-state index is 11.9. The van der Waals surface area contributed by atoms with Crippen LogP contribution in [0.4, 0.5) is 4.79 Å². The van der Waals surface area contributed by atoms with E-state index < -0.39 is 6.09 Å². The van der Waals surface area contributed by atoms with E-state index >= 15 is 0 Å². The topological polar surface area (TPSA) is 77.2 Å². The summed E-state index contributed by atoms with van der Waals surface area (Å²) in [5, 5.41) is 2.62. The number of esters is 1. The number of carbonyl (C=O) groups excluding carboxylic acids is 2. The van der Waals surface area contributed by atoms with Crippen LogP contribution >= 0.6 is 0 Å². The Bertz CT molecular complexity index is 584. The molecule has 4 atom stereocenters. The smallest absolute Gasteiger partial charge is 0.407 e. The van der Waals surface area contributed by atoms with E-state index in [-0.39, 0.29) is 36.3 Å². The monoisotopic (exact) mass is 335 g/mol. The summed E-state index contributed by atoms with van der Waals surface area (Å²) in [4.78, 5) is 23.4. The van der Waals surface area contributed by atoms with Gasteiger partial charge >= 0.3 is 12.1 Å². The van der Waals surface area contributed by atoms with Crippen molar-refractivity contribution in [2.75, 3.05) is 13.2 Å². The van der Waals surface area contributed by atoms with Crippen LogP contribution in [0.5, 0.6) is 0 Å². The lowest BCUT2D eigenvalue weighted by molar-refractivity contribution is -0.140. The first-order chi connectivity index (χ1) is 11.4. The van der Waals surface area contributed by atoms with Crippen molar-refractivity contribution >= 4 is 12.1 Å². The Morgan fingerprint density at radius 2 is 2.33 bits per heavy atom. The van der Waals surface area contributed by atoms with Gasteiger partial charge in [0.15, 0.2) is 0 Å². The standard InChI is InChI=1S/C18H25NO5/c1-4-19-17(21)22-10-12-6-5-9-18(3)15(24-18)14-13(8-7-12)11(2)16(20)23-14/h6,13-15H,2,4-5,7-10H2,1,3H3,(H,19,21)/b12-6+/t13-,14-,15-,18+/m0/s1. The van der Waals surface area contributed by atoms with Crippen LogP contribution in [0.1, 0.15) is 39.5 Å². The highest BCUT2D eigenvalue weighted by atomic mass is 16.6. The molecule has 6 heteroatoms. The predicted octanol–water partition coefficient (Wildman–Crippen LogP) is 2.49. The Hall–Kier alpha value is -1.82. The first-order valence-electron chi connectivity index (χ1n) is 8.60. The summed E-state index contributed by atoms with van der Waals surface area (Å²) < 4.78 is 16.6. The summed E-state index contributed by atoms with van der Waals surface area (Å²) in [6.07, 6.45) is 4.66. The van der Waals surface area contributed by atoms with Gasteiger partial charge in [-0.15, -0.1) is 0 Å². The fourth-order valence-electron chi connectivity index (χ4n) is 3.60. The van der Waals surface area contributed by atoms with Gasteiger partial charge in [0, 0.05) is 18.0 Å². The van der Waals surface area contributed by atoms with Crippen LogP contribution in [0.2, 0.25) is 0 Å². The van der Waals surface area contributed by atoms with E-state index in [0.717, 1.165) is 31.3 Å². The van der Waals surface area contributed by atoms with Gasteiger partial charge in [-0.1, -0.05) is 12.7 Å². The zero-order valence-corrected chi connectivity index (χ0v) is 14.3. The molecule has 0 bridgehead atoms. The Balaban J connectivity index is 1.69. The summed E-state index contributed by atoms with van der Waals surface area (Å²) in [6, 6.07) is 0. The van der Waals surface area contributed by atoms with E-state index in [2.05, 4.69) is 24.9 Å². The van der Waals surface area contributed by atoms with Crippen LogP contribution in [-0.2, 0) is 19.0 Å². The van der Waals surface area contributed by atoms with Crippen LogP contribution in [-0.4, -0.2) is 43.0 Å². The molecule has 24 heavy (non-hydrogen) atoms. The zero-order chi connectivity index (χ0) is 17.3. The second-order valence-corrected chi connectivity index (χ2v) is 6.90. The highest BCUT2D eigenvalue weighted by Crippen LogP contribution is 2.49. The number of carbonyl (C=O) groups is 2. The molecule has 0 radical (unpaired) electrons. The molecule has 2 heterocycles. The molecule has 1 N–H and O–H groups in total. The fourth-order valence-corrected chi connectivity index (χ4v) is 3.60. The van der Waals surface area contributed by atoms with Crippen LogP contribution < -0.4 is 5.32 Å². The van der Waals surface area contributed by atoms with Gasteiger partial charge in [0.25, 0.3) is 0 Å². The van der Waals surface area contributed by atoms with Crippen LogP contribution in [0.3, 0.4) is 0 Å². The molecular weight excluding hydrogens is 310 g/mol. The fraction of sp³-hybridized carbons (Fsp3) is 0.667. The number of rotatable bonds is 3. The lowest BCUT2D eigenvalue weighted by Gasteiger charge is -2.20. The minimum Gasteiger partial charge on any atom is -0.455 e. The third-order valence-corrected chi connectivity index (χ3v) is 5.15. The number of allylic oxidation sites excluding steroid dienone is 1. The number of alkyl carbamates (subject to hydrolysis) is 1. The lowest BCUT2D eigenvalue weighted by Crippen LogP contribution is -2.29. The molecule has 132 valence electrons. The third kappa shape index (κ3) is 3.34. The second kappa shape index (κ2) is 6.59. The van der Waals surface area contributed by atoms with Gasteiger partial charge < -0.3 is 19.5 Å². The third-order valence-electron chi connectivity index (χ3n) is 5.15. The molecule has 1 amide bonds. The van der Waals surface area contributed by atoms with Gasteiger partial charge in [0.05, 0.1) is 5.60 Å². The SMILES string of the molecule is C=C1C(=O)O[C@H]2[C@H]1CC/C(COC(=O)NCC)=C\CC[C@@]1(C)O[C@@H]21. The van der Waals surface area contributed by atoms with Gasteiger partial charge in [-0.25, -0.2) is 9.59 Å². The molecule has 2 saturated heterocycles. The molecule has 0 aromatic heterocycles. The highest BCUT2D eigenvalue weighted by molar-refractivity contribution is 5.91. The van der Waals surface area contributed by atoms with Crippen molar-refractivity contribution in [3.63, 3.8) is 0 Å². The highest BCUT2D eigenvalue weighted by Gasteiger charge is 2.61. The number of hydrogen-bond acceptors (Lipinski definition) is 5. The van der Waals surface area contributed by atoms with Crippen LogP contribution in [0.15, 0.2) is 23.8 Å². The summed E-state index contributed by atoms with van der Waals surface area (Å²) >= 11 is 0. The van der Waals surface area contributed by atoms with Crippen molar-refractivity contribution in [2.24, 2.45) is 5.92 Å². The Morgan fingerprint density at radius 3 is 3.08 bits per heavy atom. The Labute approximate surface area is 142 Å². The normalized spacial score (nSPS) is 37.4. The van der Waals surface area contributed by atoms with Gasteiger partial charge in [-0.2, -0.15) is 0 Å². The molecular formula is C18H25NO5.